The number of hydrogen-bond acceptors (Lipinski definition) is 4. The molecule has 2 aliphatic rings. The number of carbonyl (C=O) groups is 1. The normalized spacial score (nSPS) is 18.0. The van der Waals surface area contributed by atoms with Crippen molar-refractivity contribution in [2.75, 3.05) is 11.5 Å². The second-order valence-electron chi connectivity index (χ2n) is 10.9. The van der Waals surface area contributed by atoms with Gasteiger partial charge in [0.25, 0.3) is 0 Å². The molecule has 0 bridgehead atoms. The molecule has 2 aromatic rings. The minimum atomic E-state index is -1.90. The van der Waals surface area contributed by atoms with Gasteiger partial charge >= 0.3 is 113 Å². The van der Waals surface area contributed by atoms with E-state index >= 15 is 0 Å². The van der Waals surface area contributed by atoms with Crippen molar-refractivity contribution in [3.05, 3.63) is 65.7 Å². The number of rotatable bonds is 7. The van der Waals surface area contributed by atoms with Gasteiger partial charge < -0.3 is 4.90 Å². The van der Waals surface area contributed by atoms with E-state index in [1.807, 2.05) is 18.2 Å². The van der Waals surface area contributed by atoms with E-state index in [1.165, 1.54) is 55.3 Å². The number of para-hydroxylation sites is 2. The van der Waals surface area contributed by atoms with E-state index in [0.29, 0.717) is 17.7 Å². The van der Waals surface area contributed by atoms with E-state index in [0.717, 1.165) is 24.6 Å². The van der Waals surface area contributed by atoms with Crippen LogP contribution in [0.25, 0.3) is 0 Å². The van der Waals surface area contributed by atoms with Crippen molar-refractivity contribution < 1.29 is 23.0 Å². The number of aliphatic imine (C=N–C) groups is 1. The maximum Gasteiger partial charge on any atom is 0.0140 e. The Morgan fingerprint density at radius 2 is 1.67 bits per heavy atom. The average Bonchev–Trinajstić information content (AvgIpc) is 3.17. The molecule has 1 saturated heterocycles. The molecule has 1 aliphatic carbocycles. The SMILES string of the molecule is CCOC(=O)C=Nc1ccccc1[CH]=[Ru]([Cl])[Cl].CCc1cccc(CC)c1N1[CH-]C2(CCCCC2)CC1(C)C. The molecule has 0 atom stereocenters. The van der Waals surface area contributed by atoms with Gasteiger partial charge in [0.05, 0.1) is 0 Å². The number of carbonyl (C=O) groups excluding carboxylic acids is 1. The standard InChI is InChI=1S/C21H32N.C11H11NO2.2ClH.Ru/c1-5-17-11-10-12-18(6-2)19(17)22-16-21(15-20(22,3)4)13-8-7-9-14-21;1-3-14-11(13)8-12-10-7-5-4-6-9(10)2;;;/h10-12,16H,5-9,13-15H2,1-4H3;2,4-8H,3H2,1H3;2*1H;/q-1;;;;+2/p-2. The first-order valence-corrected chi connectivity index (χ1v) is 19.5. The Bertz CT molecular complexity index is 1150. The Hall–Kier alpha value is -1.55. The number of esters is 1. The number of benzene rings is 2. The van der Waals surface area contributed by atoms with E-state index < -0.39 is 19.5 Å². The van der Waals surface area contributed by atoms with E-state index in [1.54, 1.807) is 17.6 Å². The summed E-state index contributed by atoms with van der Waals surface area (Å²) in [5, 5.41) is 0. The minimum absolute atomic E-state index is 0.243. The third-order valence-corrected chi connectivity index (χ3v) is 9.45. The van der Waals surface area contributed by atoms with E-state index in [-0.39, 0.29) is 5.54 Å². The number of halogens is 2. The fourth-order valence-electron chi connectivity index (χ4n) is 5.97. The Labute approximate surface area is 248 Å². The van der Waals surface area contributed by atoms with Gasteiger partial charge in [0, 0.05) is 11.2 Å². The number of anilines is 1. The summed E-state index contributed by atoms with van der Waals surface area (Å²) in [6.45, 7) is 14.2. The van der Waals surface area contributed by atoms with Crippen molar-refractivity contribution in [1.82, 2.24) is 0 Å². The molecule has 1 heterocycles. The van der Waals surface area contributed by atoms with Crippen LogP contribution >= 0.6 is 19.4 Å². The van der Waals surface area contributed by atoms with Crippen LogP contribution in [0.4, 0.5) is 11.4 Å². The largest absolute Gasteiger partial charge is 0.517 e. The van der Waals surface area contributed by atoms with Crippen molar-refractivity contribution >= 4 is 47.6 Å². The predicted molar refractivity (Wildman–Crippen MR) is 164 cm³/mol. The first-order valence-electron chi connectivity index (χ1n) is 14.0. The van der Waals surface area contributed by atoms with Crippen molar-refractivity contribution in [2.45, 2.75) is 91.5 Å². The first kappa shape index (κ1) is 32.0. The molecule has 0 unspecified atom stereocenters. The van der Waals surface area contributed by atoms with Crippen LogP contribution < -0.4 is 4.90 Å². The van der Waals surface area contributed by atoms with E-state index in [4.69, 9.17) is 24.1 Å². The Morgan fingerprint density at radius 3 is 2.26 bits per heavy atom. The number of aryl methyl sites for hydroxylation is 2. The van der Waals surface area contributed by atoms with Crippen LogP contribution in [0.1, 0.15) is 89.8 Å². The van der Waals surface area contributed by atoms with Gasteiger partial charge in [0.15, 0.2) is 0 Å². The molecular formula is C32H43Cl2N2O2Ru-. The molecule has 0 N–H and O–H groups in total. The molecular weight excluding hydrogens is 616 g/mol. The fourth-order valence-corrected chi connectivity index (χ4v) is 7.79. The molecule has 2 aromatic carbocycles. The smallest absolute Gasteiger partial charge is 0.0140 e. The third-order valence-electron chi connectivity index (χ3n) is 7.61. The number of nitrogens with zero attached hydrogens (tertiary/aromatic N) is 2. The van der Waals surface area contributed by atoms with Crippen molar-refractivity contribution in [2.24, 2.45) is 10.4 Å². The van der Waals surface area contributed by atoms with Gasteiger partial charge in [-0.1, -0.05) is 70.6 Å². The summed E-state index contributed by atoms with van der Waals surface area (Å²) in [7, 11) is 11.6. The van der Waals surface area contributed by atoms with Crippen LogP contribution in [0.3, 0.4) is 0 Å². The summed E-state index contributed by atoms with van der Waals surface area (Å²) in [6.07, 6.45) is 11.8. The van der Waals surface area contributed by atoms with Gasteiger partial charge in [-0.2, -0.15) is 0 Å². The Balaban J connectivity index is 0.000000224. The minimum Gasteiger partial charge on any atom is -0.517 e. The van der Waals surface area contributed by atoms with E-state index in [2.05, 4.69) is 62.3 Å². The van der Waals surface area contributed by atoms with Crippen molar-refractivity contribution in [3.63, 3.8) is 0 Å². The Kier molecular flexibility index (Phi) is 12.2. The molecule has 0 aromatic heterocycles. The summed E-state index contributed by atoms with van der Waals surface area (Å²) in [5.41, 5.74) is 6.73. The molecule has 2 fully saturated rings. The van der Waals surface area contributed by atoms with Gasteiger partial charge in [-0.15, -0.1) is 5.41 Å². The summed E-state index contributed by atoms with van der Waals surface area (Å²) >= 11 is -1.90. The van der Waals surface area contributed by atoms with Gasteiger partial charge in [-0.05, 0) is 37.8 Å². The first-order chi connectivity index (χ1) is 18.6. The molecule has 1 spiro atoms. The zero-order valence-electron chi connectivity index (χ0n) is 24.0. The van der Waals surface area contributed by atoms with Crippen molar-refractivity contribution in [3.8, 4) is 0 Å². The van der Waals surface area contributed by atoms with Crippen LogP contribution in [-0.2, 0) is 35.9 Å². The van der Waals surface area contributed by atoms with E-state index in [9.17, 15) is 4.79 Å². The number of hydrogen-bond donors (Lipinski definition) is 0. The summed E-state index contributed by atoms with van der Waals surface area (Å²) in [4.78, 5) is 17.8. The molecule has 0 radical (unpaired) electrons. The molecule has 39 heavy (non-hydrogen) atoms. The molecule has 7 heteroatoms. The van der Waals surface area contributed by atoms with Crippen LogP contribution in [0, 0.1) is 12.0 Å². The molecule has 1 aliphatic heterocycles. The molecule has 1 saturated carbocycles. The van der Waals surface area contributed by atoms with Gasteiger partial charge in [0.1, 0.15) is 0 Å². The van der Waals surface area contributed by atoms with Gasteiger partial charge in [0.2, 0.25) is 0 Å². The summed E-state index contributed by atoms with van der Waals surface area (Å²) in [6, 6.07) is 14.2. The van der Waals surface area contributed by atoms with Crippen molar-refractivity contribution in [1.29, 1.82) is 0 Å². The quantitative estimate of drug-likeness (QED) is 0.129. The molecule has 4 nitrogen and oxygen atoms in total. The van der Waals surface area contributed by atoms with Crippen LogP contribution in [0.15, 0.2) is 47.5 Å². The second-order valence-corrected chi connectivity index (χ2v) is 16.6. The van der Waals surface area contributed by atoms with Crippen LogP contribution in [-0.4, -0.2) is 28.9 Å². The maximum absolute atomic E-state index is 11.1. The number of ether oxygens (including phenoxy) is 1. The summed E-state index contributed by atoms with van der Waals surface area (Å²) in [5.74, 6) is -0.465. The second kappa shape index (κ2) is 14.9. The molecule has 0 amide bonds. The molecule has 4 rings (SSSR count). The maximum atomic E-state index is 11.1. The third kappa shape index (κ3) is 8.72. The predicted octanol–water partition coefficient (Wildman–Crippen LogP) is 8.94. The zero-order chi connectivity index (χ0) is 28.5. The van der Waals surface area contributed by atoms with Crippen LogP contribution in [0.2, 0.25) is 0 Å². The summed E-state index contributed by atoms with van der Waals surface area (Å²) < 4.78 is 6.53. The monoisotopic (exact) mass is 659 g/mol. The topological polar surface area (TPSA) is 41.9 Å². The Morgan fingerprint density at radius 1 is 1.03 bits per heavy atom. The molecule has 216 valence electrons. The zero-order valence-corrected chi connectivity index (χ0v) is 27.2. The van der Waals surface area contributed by atoms with Crippen LogP contribution in [0.5, 0.6) is 0 Å². The van der Waals surface area contributed by atoms with Gasteiger partial charge in [-0.3, -0.25) is 0 Å². The van der Waals surface area contributed by atoms with Gasteiger partial charge in [-0.25, -0.2) is 6.54 Å². The average molecular weight is 660 g/mol. The fraction of sp³-hybridized carbons (Fsp3) is 0.500.